The molecule has 514 valence electrons. The number of nitriles is 4. The summed E-state index contributed by atoms with van der Waals surface area (Å²) in [6, 6.07) is 42.3. The molecule has 0 aliphatic heterocycles. The fourth-order valence-corrected chi connectivity index (χ4v) is 22.1. The summed E-state index contributed by atoms with van der Waals surface area (Å²) < 4.78 is 2.54. The van der Waals surface area contributed by atoms with Gasteiger partial charge in [-0.2, -0.15) is 21.0 Å². The number of carbonyl (C=O) groups excluding carboxylic acids is 2. The molecule has 0 N–H and O–H groups in total. The first-order valence-corrected chi connectivity index (χ1v) is 42.3. The molecule has 6 aromatic heterocycles. The van der Waals surface area contributed by atoms with Crippen molar-refractivity contribution in [2.24, 2.45) is 0 Å². The number of ketones is 2. The lowest BCUT2D eigenvalue weighted by molar-refractivity contribution is 0.103. The van der Waals surface area contributed by atoms with Crippen LogP contribution in [0.5, 0.6) is 0 Å². The van der Waals surface area contributed by atoms with Crippen molar-refractivity contribution in [3.8, 4) is 64.7 Å². The van der Waals surface area contributed by atoms with Crippen LogP contribution in [0, 0.1) is 45.3 Å². The number of benzene rings is 3. The Bertz CT molecular complexity index is 4300. The highest BCUT2D eigenvalue weighted by Gasteiger charge is 2.35. The van der Waals surface area contributed by atoms with E-state index in [4.69, 9.17) is 0 Å². The highest BCUT2D eigenvalue weighted by atomic mass is 32.1. The number of rotatable bonds is 38. The lowest BCUT2D eigenvalue weighted by atomic mass is 9.98. The minimum Gasteiger partial charge on any atom is -0.289 e. The van der Waals surface area contributed by atoms with Crippen molar-refractivity contribution in [2.45, 2.75) is 233 Å². The molecule has 0 radical (unpaired) electrons. The summed E-state index contributed by atoms with van der Waals surface area (Å²) in [5.41, 5.74) is 8.85. The molecule has 0 atom stereocenters. The van der Waals surface area contributed by atoms with Gasteiger partial charge in [-0.1, -0.05) is 230 Å². The number of Topliss-reactive ketones (excluding diaryl/α,β-unsaturated/α-hetero) is 2. The van der Waals surface area contributed by atoms with Gasteiger partial charge in [-0.3, -0.25) is 9.59 Å². The second-order valence-electron chi connectivity index (χ2n) is 27.3. The summed E-state index contributed by atoms with van der Waals surface area (Å²) >= 11 is 11.1. The van der Waals surface area contributed by atoms with E-state index in [-0.39, 0.29) is 22.7 Å². The van der Waals surface area contributed by atoms with Gasteiger partial charge in [0.25, 0.3) is 0 Å². The number of fused-ring (bicyclic) bond motifs is 4. The highest BCUT2D eigenvalue weighted by molar-refractivity contribution is 7.29. The maximum Gasteiger partial charge on any atom is 0.194 e. The lowest BCUT2D eigenvalue weighted by Crippen LogP contribution is -1.95. The summed E-state index contributed by atoms with van der Waals surface area (Å²) in [7, 11) is 0. The Kier molecular flexibility index (Phi) is 27.3. The van der Waals surface area contributed by atoms with Crippen LogP contribution in [0.1, 0.15) is 270 Å². The standard InChI is InChI=1S/C88H94N4O2S6/c1-5-9-13-17-19-21-23-25-27-31-39-63-45-47-75(95-63)81-73-53-77(85-59(37-29-15-11-7-3)49-65(97-85)51-71-79(61(55-89)56-90)67-41-33-35-43-69(67)83(71)93)100-88(73)82(76-48-46-64(96-76)40-32-28-26-24-22-20-18-14-10-6-2)74-54-78(99-87(74)81)86-60(38-30-16-12-8-4)50-66(98-86)52-72-80(62(57-91)58-92)68-42-34-36-44-70(68)84(72)94/h33-36,41-54H,5-32,37-40H2,1-4H3/b71-51-,72-52-. The number of aryl methyl sites for hydroxylation is 4. The Balaban J connectivity index is 1.07. The number of carbonyl (C=O) groups is 2. The van der Waals surface area contributed by atoms with Crippen molar-refractivity contribution in [3.05, 3.63) is 172 Å². The molecule has 2 aliphatic carbocycles. The fraction of sp³-hybridized carbons (Fsp3) is 0.409. The number of allylic oxidation sites excluding steroid dienone is 6. The van der Waals surface area contributed by atoms with Gasteiger partial charge in [-0.25, -0.2) is 0 Å². The molecule has 3 aromatic carbocycles. The van der Waals surface area contributed by atoms with Crippen LogP contribution in [0.15, 0.2) is 119 Å². The maximum atomic E-state index is 14.4. The van der Waals surface area contributed by atoms with E-state index in [1.54, 1.807) is 34.8 Å². The van der Waals surface area contributed by atoms with Gasteiger partial charge in [0.2, 0.25) is 0 Å². The average molecular weight is 1430 g/mol. The van der Waals surface area contributed by atoms with Gasteiger partial charge >= 0.3 is 0 Å². The number of unbranched alkanes of at least 4 members (excludes halogenated alkanes) is 24. The van der Waals surface area contributed by atoms with E-state index in [1.807, 2.05) is 93.9 Å². The molecule has 0 saturated carbocycles. The number of thiophene rings is 6. The summed E-state index contributed by atoms with van der Waals surface area (Å²) in [6.07, 6.45) is 42.7. The van der Waals surface area contributed by atoms with E-state index in [0.717, 1.165) is 86.8 Å². The molecule has 0 spiro atoms. The van der Waals surface area contributed by atoms with Gasteiger partial charge < -0.3 is 0 Å². The molecule has 0 unspecified atom stereocenters. The third-order valence-corrected chi connectivity index (χ3v) is 27.2. The fourth-order valence-electron chi connectivity index (χ4n) is 14.6. The molecule has 0 fully saturated rings. The smallest absolute Gasteiger partial charge is 0.194 e. The molecule has 2 aliphatic rings. The van der Waals surface area contributed by atoms with Crippen molar-refractivity contribution >= 4 is 123 Å². The molecular formula is C88H94N4O2S6. The van der Waals surface area contributed by atoms with Crippen LogP contribution in [-0.2, 0) is 25.7 Å². The normalized spacial score (nSPS) is 13.5. The van der Waals surface area contributed by atoms with Gasteiger partial charge in [0, 0.05) is 113 Å². The topological polar surface area (TPSA) is 129 Å². The van der Waals surface area contributed by atoms with Crippen molar-refractivity contribution < 1.29 is 9.59 Å². The third kappa shape index (κ3) is 17.4. The summed E-state index contributed by atoms with van der Waals surface area (Å²) in [5.74, 6) is -0.332. The van der Waals surface area contributed by atoms with E-state index < -0.39 is 0 Å². The second kappa shape index (κ2) is 37.0. The first kappa shape index (κ1) is 73.8. The van der Waals surface area contributed by atoms with Crippen molar-refractivity contribution in [3.63, 3.8) is 0 Å². The number of nitrogens with zero attached hydrogens (tertiary/aromatic N) is 4. The van der Waals surface area contributed by atoms with Crippen LogP contribution in [0.25, 0.3) is 83.9 Å². The second-order valence-corrected chi connectivity index (χ2v) is 33.9. The molecule has 0 bridgehead atoms. The van der Waals surface area contributed by atoms with E-state index in [9.17, 15) is 30.6 Å². The molecule has 11 rings (SSSR count). The largest absolute Gasteiger partial charge is 0.289 e. The Morgan fingerprint density at radius 2 is 0.670 bits per heavy atom. The zero-order chi connectivity index (χ0) is 69.7. The number of hydrogen-bond donors (Lipinski definition) is 0. The SMILES string of the molecule is CCCCCCCCCCCCc1ccc(-c2c3cc(-c4sc(/C=C5\C(=O)c6ccccc6C5=C(C#N)C#N)cc4CCCCCC)sc3c(-c3ccc(CCCCCCCCCCCC)s3)c3cc(-c4sc(/C=C5\C(=O)c6ccccc6C5=C(C#N)C#N)cc4CCCCCC)sc23)s1. The van der Waals surface area contributed by atoms with Crippen molar-refractivity contribution in [1.29, 1.82) is 21.0 Å². The zero-order valence-corrected chi connectivity index (χ0v) is 64.0. The van der Waals surface area contributed by atoms with Gasteiger partial charge in [-0.15, -0.1) is 68.0 Å². The molecule has 9 aromatic rings. The van der Waals surface area contributed by atoms with Crippen molar-refractivity contribution in [1.82, 2.24) is 0 Å². The molecule has 6 heterocycles. The summed E-state index contributed by atoms with van der Waals surface area (Å²) in [4.78, 5) is 40.9. The van der Waals surface area contributed by atoms with Crippen LogP contribution < -0.4 is 0 Å². The van der Waals surface area contributed by atoms with Gasteiger partial charge in [0.15, 0.2) is 11.6 Å². The Hall–Kier alpha value is -7.36. The lowest BCUT2D eigenvalue weighted by Gasteiger charge is -2.09. The van der Waals surface area contributed by atoms with Crippen molar-refractivity contribution in [2.75, 3.05) is 0 Å². The quantitative estimate of drug-likeness (QED) is 0.0215. The number of hydrogen-bond acceptors (Lipinski definition) is 12. The van der Waals surface area contributed by atoms with E-state index in [1.165, 1.54) is 210 Å². The Morgan fingerprint density at radius 1 is 0.350 bits per heavy atom. The minimum absolute atomic E-state index is 0.0561. The summed E-state index contributed by atoms with van der Waals surface area (Å²) in [6.45, 7) is 9.08. The van der Waals surface area contributed by atoms with Crippen LogP contribution in [0.3, 0.4) is 0 Å². The van der Waals surface area contributed by atoms with Crippen LogP contribution >= 0.6 is 68.0 Å². The Morgan fingerprint density at radius 3 is 1.02 bits per heavy atom. The van der Waals surface area contributed by atoms with E-state index >= 15 is 0 Å². The van der Waals surface area contributed by atoms with E-state index in [2.05, 4.69) is 101 Å². The molecule has 100 heavy (non-hydrogen) atoms. The average Bonchev–Trinajstić information content (AvgIpc) is 1.56. The monoisotopic (exact) mass is 1430 g/mol. The first-order chi connectivity index (χ1) is 49.1. The van der Waals surface area contributed by atoms with Gasteiger partial charge in [0.05, 0.1) is 0 Å². The maximum absolute atomic E-state index is 14.4. The first-order valence-electron chi connectivity index (χ1n) is 37.4. The van der Waals surface area contributed by atoms with Gasteiger partial charge in [-0.05, 0) is 134 Å². The highest BCUT2D eigenvalue weighted by Crippen LogP contribution is 2.56. The molecule has 0 amide bonds. The minimum atomic E-state index is -0.166. The molecule has 12 heteroatoms. The summed E-state index contributed by atoms with van der Waals surface area (Å²) in [5, 5.41) is 43.8. The zero-order valence-electron chi connectivity index (χ0n) is 59.1. The van der Waals surface area contributed by atoms with Crippen LogP contribution in [0.2, 0.25) is 0 Å². The van der Waals surface area contributed by atoms with Crippen LogP contribution in [-0.4, -0.2) is 11.6 Å². The Labute approximate surface area is 618 Å². The predicted octanol–water partition coefficient (Wildman–Crippen LogP) is 28.4. The third-order valence-electron chi connectivity index (χ3n) is 20.0. The molecule has 6 nitrogen and oxygen atoms in total. The molecular weight excluding hydrogens is 1340 g/mol. The van der Waals surface area contributed by atoms with Gasteiger partial charge in [0.1, 0.15) is 35.4 Å². The van der Waals surface area contributed by atoms with E-state index in [0.29, 0.717) is 44.5 Å². The molecule has 0 saturated heterocycles. The predicted molar refractivity (Wildman–Crippen MR) is 431 cm³/mol. The van der Waals surface area contributed by atoms with Crippen LogP contribution in [0.4, 0.5) is 0 Å².